The first kappa shape index (κ1) is 12.4. The molecule has 0 aliphatic carbocycles. The van der Waals surface area contributed by atoms with Gasteiger partial charge >= 0.3 is 0 Å². The monoisotopic (exact) mass is 231 g/mol. The van der Waals surface area contributed by atoms with Crippen LogP contribution in [0, 0.1) is 0 Å². The number of hydrogen-bond donors (Lipinski definition) is 2. The molecule has 15 heavy (non-hydrogen) atoms. The predicted molar refractivity (Wildman–Crippen MR) is 60.3 cm³/mol. The molecule has 1 aromatic rings. The van der Waals surface area contributed by atoms with E-state index in [-0.39, 0.29) is 0 Å². The molecule has 0 saturated carbocycles. The third-order valence-electron chi connectivity index (χ3n) is 1.79. The van der Waals surface area contributed by atoms with Crippen LogP contribution in [0.3, 0.4) is 0 Å². The molecule has 86 valence electrons. The molecule has 2 N–H and O–H groups in total. The van der Waals surface area contributed by atoms with Gasteiger partial charge in [-0.25, -0.2) is 4.98 Å². The molecule has 1 rings (SSSR count). The summed E-state index contributed by atoms with van der Waals surface area (Å²) in [4.78, 5) is 4.28. The van der Waals surface area contributed by atoms with Crippen LogP contribution in [0.25, 0.3) is 0 Å². The number of rotatable bonds is 7. The highest BCUT2D eigenvalue weighted by atomic mass is 32.1. The van der Waals surface area contributed by atoms with Crippen molar-refractivity contribution in [2.45, 2.75) is 25.9 Å². The van der Waals surface area contributed by atoms with Crippen molar-refractivity contribution < 1.29 is 9.84 Å². The van der Waals surface area contributed by atoms with E-state index in [1.54, 1.807) is 7.11 Å². The zero-order chi connectivity index (χ0) is 11.1. The van der Waals surface area contributed by atoms with E-state index in [4.69, 9.17) is 4.74 Å². The second-order valence-electron chi connectivity index (χ2n) is 3.26. The van der Waals surface area contributed by atoms with Gasteiger partial charge in [0.05, 0.1) is 12.7 Å². The Kier molecular flexibility index (Phi) is 5.52. The number of aryl methyl sites for hydroxylation is 1. The Morgan fingerprint density at radius 2 is 2.40 bits per heavy atom. The van der Waals surface area contributed by atoms with Crippen molar-refractivity contribution in [2.75, 3.05) is 25.6 Å². The van der Waals surface area contributed by atoms with Crippen LogP contribution in [-0.4, -0.2) is 40.8 Å². The lowest BCUT2D eigenvalue weighted by Gasteiger charge is -2.08. The molecule has 0 spiro atoms. The summed E-state index contributed by atoms with van der Waals surface area (Å²) in [5.74, 6) is 0.867. The molecule has 0 fully saturated rings. The molecule has 1 unspecified atom stereocenters. The van der Waals surface area contributed by atoms with Crippen LogP contribution >= 0.6 is 11.5 Å². The van der Waals surface area contributed by atoms with Gasteiger partial charge in [0.2, 0.25) is 5.13 Å². The maximum atomic E-state index is 9.39. The maximum Gasteiger partial charge on any atom is 0.202 e. The van der Waals surface area contributed by atoms with Crippen molar-refractivity contribution in [3.63, 3.8) is 0 Å². The SMILES string of the molecule is CCCc1nsc(NCC(O)COC)n1. The summed E-state index contributed by atoms with van der Waals surface area (Å²) in [6, 6.07) is 0. The summed E-state index contributed by atoms with van der Waals surface area (Å²) in [5, 5.41) is 13.2. The lowest BCUT2D eigenvalue weighted by Crippen LogP contribution is -2.24. The van der Waals surface area contributed by atoms with Crippen molar-refractivity contribution in [3.8, 4) is 0 Å². The van der Waals surface area contributed by atoms with Crippen LogP contribution in [-0.2, 0) is 11.2 Å². The fourth-order valence-corrected chi connectivity index (χ4v) is 1.73. The first-order valence-electron chi connectivity index (χ1n) is 4.99. The Bertz CT molecular complexity index is 280. The van der Waals surface area contributed by atoms with E-state index in [0.717, 1.165) is 23.8 Å². The first-order chi connectivity index (χ1) is 7.26. The number of aromatic nitrogens is 2. The molecule has 0 aliphatic rings. The molecule has 0 amide bonds. The molecule has 0 radical (unpaired) electrons. The van der Waals surface area contributed by atoms with Crippen LogP contribution in [0.5, 0.6) is 0 Å². The van der Waals surface area contributed by atoms with E-state index in [1.807, 2.05) is 0 Å². The maximum absolute atomic E-state index is 9.39. The lowest BCUT2D eigenvalue weighted by atomic mass is 10.3. The summed E-state index contributed by atoms with van der Waals surface area (Å²) >= 11 is 1.33. The highest BCUT2D eigenvalue weighted by Crippen LogP contribution is 2.11. The minimum Gasteiger partial charge on any atom is -0.389 e. The zero-order valence-electron chi connectivity index (χ0n) is 9.06. The Labute approximate surface area is 93.7 Å². The number of nitrogens with one attached hydrogen (secondary N) is 1. The van der Waals surface area contributed by atoms with Gasteiger partial charge in [-0.05, 0) is 6.42 Å². The molecular weight excluding hydrogens is 214 g/mol. The minimum absolute atomic E-state index is 0.327. The van der Waals surface area contributed by atoms with Crippen LogP contribution in [0.2, 0.25) is 0 Å². The number of aliphatic hydroxyl groups excluding tert-OH is 1. The highest BCUT2D eigenvalue weighted by molar-refractivity contribution is 7.09. The van der Waals surface area contributed by atoms with Gasteiger partial charge in [-0.15, -0.1) is 0 Å². The topological polar surface area (TPSA) is 67.3 Å². The van der Waals surface area contributed by atoms with E-state index >= 15 is 0 Å². The molecule has 1 atom stereocenters. The molecule has 1 heterocycles. The lowest BCUT2D eigenvalue weighted by molar-refractivity contribution is 0.0727. The molecule has 0 aliphatic heterocycles. The van der Waals surface area contributed by atoms with Crippen molar-refractivity contribution in [2.24, 2.45) is 0 Å². The summed E-state index contributed by atoms with van der Waals surface area (Å²) in [6.07, 6.45) is 1.44. The van der Waals surface area contributed by atoms with Crippen molar-refractivity contribution in [1.29, 1.82) is 0 Å². The van der Waals surface area contributed by atoms with E-state index in [9.17, 15) is 5.11 Å². The summed E-state index contributed by atoms with van der Waals surface area (Å²) < 4.78 is 9.00. The Morgan fingerprint density at radius 1 is 1.60 bits per heavy atom. The molecule has 0 bridgehead atoms. The van der Waals surface area contributed by atoms with Crippen LogP contribution in [0.4, 0.5) is 5.13 Å². The minimum atomic E-state index is -0.506. The van der Waals surface area contributed by atoms with E-state index in [0.29, 0.717) is 13.2 Å². The summed E-state index contributed by atoms with van der Waals surface area (Å²) in [6.45, 7) is 2.86. The quantitative estimate of drug-likeness (QED) is 0.730. The smallest absolute Gasteiger partial charge is 0.202 e. The van der Waals surface area contributed by atoms with Gasteiger partial charge in [0.25, 0.3) is 0 Å². The van der Waals surface area contributed by atoms with Crippen LogP contribution in [0.1, 0.15) is 19.2 Å². The fraction of sp³-hybridized carbons (Fsp3) is 0.778. The highest BCUT2D eigenvalue weighted by Gasteiger charge is 2.06. The number of ether oxygens (including phenoxy) is 1. The number of methoxy groups -OCH3 is 1. The average molecular weight is 231 g/mol. The van der Waals surface area contributed by atoms with Crippen LogP contribution < -0.4 is 5.32 Å². The first-order valence-corrected chi connectivity index (χ1v) is 5.77. The third kappa shape index (κ3) is 4.55. The van der Waals surface area contributed by atoms with E-state index in [1.165, 1.54) is 11.5 Å². The van der Waals surface area contributed by atoms with Gasteiger partial charge in [0, 0.05) is 31.6 Å². The third-order valence-corrected chi connectivity index (χ3v) is 2.50. The van der Waals surface area contributed by atoms with Crippen molar-refractivity contribution >= 4 is 16.7 Å². The zero-order valence-corrected chi connectivity index (χ0v) is 9.88. The largest absolute Gasteiger partial charge is 0.389 e. The molecule has 0 saturated heterocycles. The number of hydrogen-bond acceptors (Lipinski definition) is 6. The van der Waals surface area contributed by atoms with Gasteiger partial charge in [-0.2, -0.15) is 4.37 Å². The second kappa shape index (κ2) is 6.71. The summed E-state index contributed by atoms with van der Waals surface area (Å²) in [5.41, 5.74) is 0. The number of anilines is 1. The standard InChI is InChI=1S/C9H17N3O2S/c1-3-4-8-11-9(15-12-8)10-5-7(13)6-14-2/h7,13H,3-6H2,1-2H3,(H,10,11,12). The van der Waals surface area contributed by atoms with Gasteiger partial charge in [0.15, 0.2) is 0 Å². The predicted octanol–water partition coefficient (Wildman–Crippen LogP) is 0.910. The van der Waals surface area contributed by atoms with Gasteiger partial charge < -0.3 is 15.2 Å². The van der Waals surface area contributed by atoms with Crippen molar-refractivity contribution in [3.05, 3.63) is 5.82 Å². The van der Waals surface area contributed by atoms with Gasteiger partial charge in [-0.1, -0.05) is 6.92 Å². The summed E-state index contributed by atoms with van der Waals surface area (Å²) in [7, 11) is 1.56. The van der Waals surface area contributed by atoms with Crippen molar-refractivity contribution in [1.82, 2.24) is 9.36 Å². The van der Waals surface area contributed by atoms with Crippen LogP contribution in [0.15, 0.2) is 0 Å². The average Bonchev–Trinajstić information content (AvgIpc) is 2.64. The van der Waals surface area contributed by atoms with Gasteiger partial charge in [0.1, 0.15) is 5.82 Å². The second-order valence-corrected chi connectivity index (χ2v) is 4.01. The normalized spacial score (nSPS) is 12.7. The Hall–Kier alpha value is -0.720. The van der Waals surface area contributed by atoms with E-state index < -0.39 is 6.10 Å². The van der Waals surface area contributed by atoms with E-state index in [2.05, 4.69) is 21.6 Å². The fourth-order valence-electron chi connectivity index (χ4n) is 1.11. The molecule has 5 nitrogen and oxygen atoms in total. The van der Waals surface area contributed by atoms with Gasteiger partial charge in [-0.3, -0.25) is 0 Å². The molecular formula is C9H17N3O2S. The molecule has 6 heteroatoms. The Balaban J connectivity index is 2.30. The number of aliphatic hydroxyl groups is 1. The number of nitrogens with zero attached hydrogens (tertiary/aromatic N) is 2. The molecule has 1 aromatic heterocycles. The Morgan fingerprint density at radius 3 is 3.07 bits per heavy atom. The molecule has 0 aromatic carbocycles.